The van der Waals surface area contributed by atoms with Gasteiger partial charge in [0.25, 0.3) is 0 Å². The minimum Gasteiger partial charge on any atom is -0.497 e. The van der Waals surface area contributed by atoms with E-state index in [-0.39, 0.29) is 0 Å². The molecule has 0 bridgehead atoms. The van der Waals surface area contributed by atoms with Gasteiger partial charge in [-0.2, -0.15) is 0 Å². The summed E-state index contributed by atoms with van der Waals surface area (Å²) in [7, 11) is 1.52. The van der Waals surface area contributed by atoms with Gasteiger partial charge >= 0.3 is 14.2 Å². The molecule has 0 radical (unpaired) electrons. The highest BCUT2D eigenvalue weighted by atomic mass is 35.5. The van der Waals surface area contributed by atoms with Crippen molar-refractivity contribution in [3.63, 3.8) is 0 Å². The molecule has 192 valence electrons. The maximum Gasteiger partial charge on any atom is 0.491 e. The molecular weight excluding hydrogens is 525 g/mol. The lowest BCUT2D eigenvalue weighted by molar-refractivity contribution is 0.275. The zero-order valence-corrected chi connectivity index (χ0v) is 22.3. The van der Waals surface area contributed by atoms with Crippen LogP contribution in [0.1, 0.15) is 11.1 Å². The molecular formula is C28H24B2Cl2O6. The minimum absolute atomic E-state index is 0.391. The van der Waals surface area contributed by atoms with Crippen LogP contribution >= 0.6 is 23.2 Å². The standard InChI is InChI=1S/2C14H12BClO3/c1-18-11-4-2-9(3-5-11)12-7-13-10(6-14(12)16)8-19-15(13)17;1-18-14-5-3-2-4-10(14)11-7-12-9(6-13(11)16)8-19-15(12)17/h2*2-7,17H,8H2,1H3. The highest BCUT2D eigenvalue weighted by molar-refractivity contribution is 6.62. The molecule has 0 saturated carbocycles. The molecule has 0 fully saturated rings. The van der Waals surface area contributed by atoms with Crippen molar-refractivity contribution in [3.05, 3.63) is 94.0 Å². The summed E-state index contributed by atoms with van der Waals surface area (Å²) in [4.78, 5) is 0. The Balaban J connectivity index is 0.000000155. The predicted molar refractivity (Wildman–Crippen MR) is 152 cm³/mol. The summed E-state index contributed by atoms with van der Waals surface area (Å²) in [6.07, 6.45) is 0. The van der Waals surface area contributed by atoms with Gasteiger partial charge in [-0.25, -0.2) is 0 Å². The van der Waals surface area contributed by atoms with E-state index in [0.29, 0.717) is 23.3 Å². The van der Waals surface area contributed by atoms with Gasteiger partial charge in [0.1, 0.15) is 11.5 Å². The Hall–Kier alpha value is -2.97. The molecule has 6 rings (SSSR count). The molecule has 0 amide bonds. The summed E-state index contributed by atoms with van der Waals surface area (Å²) in [6, 6.07) is 22.7. The molecule has 0 aliphatic carbocycles. The molecule has 2 heterocycles. The van der Waals surface area contributed by atoms with Crippen molar-refractivity contribution in [3.8, 4) is 33.8 Å². The topological polar surface area (TPSA) is 77.4 Å². The van der Waals surface area contributed by atoms with Crippen LogP contribution in [-0.4, -0.2) is 38.5 Å². The lowest BCUT2D eigenvalue weighted by Crippen LogP contribution is -2.28. The fraction of sp³-hybridized carbons (Fsp3) is 0.143. The van der Waals surface area contributed by atoms with E-state index in [4.69, 9.17) is 42.0 Å². The number of para-hydroxylation sites is 1. The average Bonchev–Trinajstić information content (AvgIpc) is 3.49. The van der Waals surface area contributed by atoms with Crippen LogP contribution < -0.4 is 20.4 Å². The van der Waals surface area contributed by atoms with E-state index in [0.717, 1.165) is 55.8 Å². The third-order valence-corrected chi connectivity index (χ3v) is 7.21. The minimum atomic E-state index is -0.874. The molecule has 0 atom stereocenters. The van der Waals surface area contributed by atoms with E-state index in [1.165, 1.54) is 0 Å². The summed E-state index contributed by atoms with van der Waals surface area (Å²) in [5.74, 6) is 1.54. The second-order valence-corrected chi connectivity index (χ2v) is 9.63. The van der Waals surface area contributed by atoms with Gasteiger partial charge in [0.15, 0.2) is 0 Å². The van der Waals surface area contributed by atoms with Crippen molar-refractivity contribution in [2.45, 2.75) is 13.2 Å². The zero-order chi connectivity index (χ0) is 26.8. The molecule has 38 heavy (non-hydrogen) atoms. The van der Waals surface area contributed by atoms with Gasteiger partial charge in [-0.15, -0.1) is 0 Å². The van der Waals surface area contributed by atoms with E-state index in [9.17, 15) is 10.0 Å². The molecule has 0 spiro atoms. The molecule has 6 nitrogen and oxygen atoms in total. The number of ether oxygens (including phenoxy) is 2. The normalized spacial score (nSPS) is 13.5. The van der Waals surface area contributed by atoms with E-state index in [1.807, 2.05) is 72.8 Å². The Morgan fingerprint density at radius 1 is 0.684 bits per heavy atom. The van der Waals surface area contributed by atoms with Gasteiger partial charge in [0, 0.05) is 21.2 Å². The lowest BCUT2D eigenvalue weighted by atomic mass is 9.78. The van der Waals surface area contributed by atoms with E-state index in [2.05, 4.69) is 0 Å². The van der Waals surface area contributed by atoms with Gasteiger partial charge in [-0.1, -0.05) is 65.7 Å². The smallest absolute Gasteiger partial charge is 0.491 e. The van der Waals surface area contributed by atoms with Gasteiger partial charge in [0.2, 0.25) is 0 Å². The number of benzene rings is 4. The van der Waals surface area contributed by atoms with Gasteiger partial charge in [0.05, 0.1) is 27.4 Å². The van der Waals surface area contributed by atoms with Crippen LogP contribution in [0.5, 0.6) is 11.5 Å². The summed E-state index contributed by atoms with van der Waals surface area (Å²) < 4.78 is 20.9. The first-order valence-electron chi connectivity index (χ1n) is 11.9. The summed E-state index contributed by atoms with van der Waals surface area (Å²) >= 11 is 12.6. The van der Waals surface area contributed by atoms with Crippen LogP contribution in [0.25, 0.3) is 22.3 Å². The summed E-state index contributed by atoms with van der Waals surface area (Å²) in [5.41, 5.74) is 7.02. The monoisotopic (exact) mass is 548 g/mol. The first-order chi connectivity index (χ1) is 18.4. The SMILES string of the molecule is COc1ccc(-c2cc3c(cc2Cl)COB3O)cc1.COc1ccccc1-c1cc2c(cc1Cl)COB2O. The number of hydrogen-bond acceptors (Lipinski definition) is 6. The number of halogens is 2. The van der Waals surface area contributed by atoms with Crippen molar-refractivity contribution >= 4 is 48.4 Å². The Morgan fingerprint density at radius 2 is 1.24 bits per heavy atom. The van der Waals surface area contributed by atoms with Crippen molar-refractivity contribution in [1.29, 1.82) is 0 Å². The quantitative estimate of drug-likeness (QED) is 0.367. The zero-order valence-electron chi connectivity index (χ0n) is 20.8. The molecule has 2 N–H and O–H groups in total. The predicted octanol–water partition coefficient (Wildman–Crippen LogP) is 4.47. The number of rotatable bonds is 4. The molecule has 2 aliphatic heterocycles. The summed E-state index contributed by atoms with van der Waals surface area (Å²) in [6.45, 7) is 0.793. The van der Waals surface area contributed by atoms with Crippen LogP contribution in [0.2, 0.25) is 10.0 Å². The largest absolute Gasteiger partial charge is 0.497 e. The van der Waals surface area contributed by atoms with E-state index >= 15 is 0 Å². The Kier molecular flexibility index (Phi) is 8.00. The second-order valence-electron chi connectivity index (χ2n) is 8.82. The second kappa shape index (κ2) is 11.4. The van der Waals surface area contributed by atoms with Crippen LogP contribution in [0, 0.1) is 0 Å². The van der Waals surface area contributed by atoms with Crippen molar-refractivity contribution in [1.82, 2.24) is 0 Å². The van der Waals surface area contributed by atoms with Gasteiger partial charge < -0.3 is 28.8 Å². The Morgan fingerprint density at radius 3 is 1.82 bits per heavy atom. The first kappa shape index (κ1) is 26.6. The number of hydrogen-bond donors (Lipinski definition) is 2. The molecule has 10 heteroatoms. The molecule has 0 aromatic heterocycles. The number of methoxy groups -OCH3 is 2. The Labute approximate surface area is 231 Å². The van der Waals surface area contributed by atoms with Crippen molar-refractivity contribution in [2.75, 3.05) is 14.2 Å². The molecule has 4 aromatic rings. The fourth-order valence-electron chi connectivity index (χ4n) is 4.55. The fourth-order valence-corrected chi connectivity index (χ4v) is 5.14. The third-order valence-electron chi connectivity index (χ3n) is 6.58. The van der Waals surface area contributed by atoms with E-state index in [1.54, 1.807) is 14.2 Å². The highest BCUT2D eigenvalue weighted by Crippen LogP contribution is 2.35. The Bertz CT molecular complexity index is 1460. The maximum absolute atomic E-state index is 9.77. The number of fused-ring (bicyclic) bond motifs is 2. The van der Waals surface area contributed by atoms with Crippen molar-refractivity contribution in [2.24, 2.45) is 0 Å². The highest BCUT2D eigenvalue weighted by Gasteiger charge is 2.29. The van der Waals surface area contributed by atoms with Crippen molar-refractivity contribution < 1.29 is 28.8 Å². The van der Waals surface area contributed by atoms with Crippen LogP contribution in [0.3, 0.4) is 0 Å². The average molecular weight is 549 g/mol. The molecule has 4 aromatic carbocycles. The van der Waals surface area contributed by atoms with Gasteiger partial charge in [-0.05, 0) is 63.5 Å². The first-order valence-corrected chi connectivity index (χ1v) is 12.7. The summed E-state index contributed by atoms with van der Waals surface area (Å²) in [5, 5.41) is 20.8. The van der Waals surface area contributed by atoms with Crippen LogP contribution in [0.4, 0.5) is 0 Å². The van der Waals surface area contributed by atoms with Crippen LogP contribution in [-0.2, 0) is 22.5 Å². The molecule has 0 unspecified atom stereocenters. The molecule has 0 saturated heterocycles. The third kappa shape index (κ3) is 5.29. The van der Waals surface area contributed by atoms with Crippen LogP contribution in [0.15, 0.2) is 72.8 Å². The molecule has 2 aliphatic rings. The maximum atomic E-state index is 9.77. The van der Waals surface area contributed by atoms with Gasteiger partial charge in [-0.3, -0.25) is 0 Å². The van der Waals surface area contributed by atoms with E-state index < -0.39 is 14.2 Å². The lowest BCUT2D eigenvalue weighted by Gasteiger charge is -2.11.